The fourth-order valence-electron chi connectivity index (χ4n) is 2.53. The zero-order valence-corrected chi connectivity index (χ0v) is 9.03. The monoisotopic (exact) mass is 168 g/mol. The lowest BCUT2D eigenvalue weighted by molar-refractivity contribution is 0.195. The molecule has 0 bridgehead atoms. The van der Waals surface area contributed by atoms with Gasteiger partial charge in [-0.25, -0.2) is 0 Å². The maximum Gasteiger partial charge on any atom is -0.0300 e. The van der Waals surface area contributed by atoms with E-state index >= 15 is 0 Å². The van der Waals surface area contributed by atoms with Crippen molar-refractivity contribution in [3.8, 4) is 0 Å². The Labute approximate surface area is 77.7 Å². The summed E-state index contributed by atoms with van der Waals surface area (Å²) in [6.07, 6.45) is 10.2. The summed E-state index contributed by atoms with van der Waals surface area (Å²) < 4.78 is 0. The number of unbranched alkanes of at least 4 members (excludes halogenated alkanes) is 1. The van der Waals surface area contributed by atoms with Crippen molar-refractivity contribution < 1.29 is 0 Å². The lowest BCUT2D eigenvalue weighted by atomic mass is 9.74. The highest BCUT2D eigenvalue weighted by Crippen LogP contribution is 2.45. The third kappa shape index (κ3) is 2.24. The minimum absolute atomic E-state index is 0.704. The molecule has 1 aliphatic carbocycles. The Morgan fingerprint density at radius 3 is 2.33 bits per heavy atom. The minimum atomic E-state index is 0.704. The molecule has 1 unspecified atom stereocenters. The van der Waals surface area contributed by atoms with Gasteiger partial charge in [-0.3, -0.25) is 0 Å². The van der Waals surface area contributed by atoms with Crippen molar-refractivity contribution in [1.82, 2.24) is 0 Å². The van der Waals surface area contributed by atoms with E-state index in [1.165, 1.54) is 44.9 Å². The summed E-state index contributed by atoms with van der Waals surface area (Å²) in [4.78, 5) is 0. The Kier molecular flexibility index (Phi) is 3.61. The molecular formula is C12H24. The molecule has 1 aliphatic rings. The molecular weight excluding hydrogens is 144 g/mol. The van der Waals surface area contributed by atoms with Crippen LogP contribution in [0.2, 0.25) is 0 Å². The summed E-state index contributed by atoms with van der Waals surface area (Å²) in [5.41, 5.74) is 0.704. The van der Waals surface area contributed by atoms with Gasteiger partial charge in [0, 0.05) is 0 Å². The van der Waals surface area contributed by atoms with Gasteiger partial charge in [0.05, 0.1) is 0 Å². The predicted molar refractivity (Wildman–Crippen MR) is 55.3 cm³/mol. The van der Waals surface area contributed by atoms with Crippen molar-refractivity contribution in [3.63, 3.8) is 0 Å². The van der Waals surface area contributed by atoms with E-state index in [0.29, 0.717) is 5.41 Å². The zero-order valence-electron chi connectivity index (χ0n) is 9.03. The van der Waals surface area contributed by atoms with Gasteiger partial charge in [-0.2, -0.15) is 0 Å². The molecule has 0 heteroatoms. The fourth-order valence-corrected chi connectivity index (χ4v) is 2.53. The molecule has 0 spiro atoms. The minimum Gasteiger partial charge on any atom is -0.0654 e. The number of hydrogen-bond donors (Lipinski definition) is 0. The summed E-state index contributed by atoms with van der Waals surface area (Å²) in [7, 11) is 0. The molecule has 0 radical (unpaired) electrons. The van der Waals surface area contributed by atoms with Crippen LogP contribution in [-0.2, 0) is 0 Å². The molecule has 1 rings (SSSR count). The third-order valence-corrected chi connectivity index (χ3v) is 3.93. The molecule has 0 aliphatic heterocycles. The van der Waals surface area contributed by atoms with Crippen LogP contribution in [0.4, 0.5) is 0 Å². The highest BCUT2D eigenvalue weighted by Gasteiger charge is 2.33. The van der Waals surface area contributed by atoms with E-state index in [9.17, 15) is 0 Å². The molecule has 0 N–H and O–H groups in total. The summed E-state index contributed by atoms with van der Waals surface area (Å²) >= 11 is 0. The van der Waals surface area contributed by atoms with Gasteiger partial charge in [0.25, 0.3) is 0 Å². The summed E-state index contributed by atoms with van der Waals surface area (Å²) in [5, 5.41) is 0. The van der Waals surface area contributed by atoms with Crippen molar-refractivity contribution in [2.45, 2.75) is 65.7 Å². The van der Waals surface area contributed by atoms with Crippen LogP contribution >= 0.6 is 0 Å². The molecule has 1 atom stereocenters. The van der Waals surface area contributed by atoms with E-state index in [1.807, 2.05) is 0 Å². The van der Waals surface area contributed by atoms with Crippen molar-refractivity contribution in [2.75, 3.05) is 0 Å². The molecule has 0 saturated heterocycles. The molecule has 0 aromatic heterocycles. The summed E-state index contributed by atoms with van der Waals surface area (Å²) in [5.74, 6) is 0.958. The summed E-state index contributed by atoms with van der Waals surface area (Å²) in [6.45, 7) is 7.25. The molecule has 0 aromatic rings. The first-order valence-electron chi connectivity index (χ1n) is 5.69. The Bertz CT molecular complexity index is 120. The topological polar surface area (TPSA) is 0 Å². The van der Waals surface area contributed by atoms with Crippen molar-refractivity contribution in [3.05, 3.63) is 0 Å². The van der Waals surface area contributed by atoms with Crippen LogP contribution in [0.5, 0.6) is 0 Å². The van der Waals surface area contributed by atoms with Crippen molar-refractivity contribution in [1.29, 1.82) is 0 Å². The van der Waals surface area contributed by atoms with Gasteiger partial charge in [0.2, 0.25) is 0 Å². The van der Waals surface area contributed by atoms with Crippen LogP contribution in [0.15, 0.2) is 0 Å². The molecule has 0 aromatic carbocycles. The average Bonchev–Trinajstić information content (AvgIpc) is 2.49. The number of hydrogen-bond acceptors (Lipinski definition) is 0. The first kappa shape index (κ1) is 10.1. The first-order valence-corrected chi connectivity index (χ1v) is 5.69. The lowest BCUT2D eigenvalue weighted by Gasteiger charge is -2.31. The van der Waals surface area contributed by atoms with E-state index in [2.05, 4.69) is 20.8 Å². The van der Waals surface area contributed by atoms with Crippen LogP contribution in [-0.4, -0.2) is 0 Å². The van der Waals surface area contributed by atoms with Gasteiger partial charge in [-0.05, 0) is 24.2 Å². The van der Waals surface area contributed by atoms with Crippen LogP contribution in [0.25, 0.3) is 0 Å². The van der Waals surface area contributed by atoms with E-state index in [1.54, 1.807) is 0 Å². The second kappa shape index (κ2) is 4.30. The summed E-state index contributed by atoms with van der Waals surface area (Å²) in [6, 6.07) is 0. The van der Waals surface area contributed by atoms with Crippen molar-refractivity contribution >= 4 is 0 Å². The second-order valence-corrected chi connectivity index (χ2v) is 4.90. The van der Waals surface area contributed by atoms with Gasteiger partial charge >= 0.3 is 0 Å². The smallest absolute Gasteiger partial charge is 0.0300 e. The predicted octanol–water partition coefficient (Wildman–Crippen LogP) is 4.39. The van der Waals surface area contributed by atoms with Gasteiger partial charge < -0.3 is 0 Å². The maximum absolute atomic E-state index is 2.50. The number of rotatable bonds is 4. The van der Waals surface area contributed by atoms with Gasteiger partial charge in [0.15, 0.2) is 0 Å². The third-order valence-electron chi connectivity index (χ3n) is 3.93. The molecule has 0 amide bonds. The average molecular weight is 168 g/mol. The van der Waals surface area contributed by atoms with Gasteiger partial charge in [-0.15, -0.1) is 0 Å². The van der Waals surface area contributed by atoms with Crippen LogP contribution in [0.3, 0.4) is 0 Å². The molecule has 1 fully saturated rings. The Morgan fingerprint density at radius 1 is 1.25 bits per heavy atom. The lowest BCUT2D eigenvalue weighted by Crippen LogP contribution is -2.21. The first-order chi connectivity index (χ1) is 5.69. The van der Waals surface area contributed by atoms with Gasteiger partial charge in [-0.1, -0.05) is 52.9 Å². The van der Waals surface area contributed by atoms with E-state index in [0.717, 1.165) is 5.92 Å². The second-order valence-electron chi connectivity index (χ2n) is 4.90. The van der Waals surface area contributed by atoms with Crippen LogP contribution < -0.4 is 0 Å². The molecule has 1 saturated carbocycles. The fraction of sp³-hybridized carbons (Fsp3) is 1.00. The van der Waals surface area contributed by atoms with Crippen molar-refractivity contribution in [2.24, 2.45) is 11.3 Å². The largest absolute Gasteiger partial charge is 0.0654 e. The Morgan fingerprint density at radius 2 is 1.83 bits per heavy atom. The quantitative estimate of drug-likeness (QED) is 0.584. The van der Waals surface area contributed by atoms with E-state index in [-0.39, 0.29) is 0 Å². The molecule has 72 valence electrons. The molecule has 0 nitrogen and oxygen atoms in total. The SMILES string of the molecule is CCCCC(C)C1(C)CCCC1. The Balaban J connectivity index is 2.33. The maximum atomic E-state index is 2.50. The molecule has 0 heterocycles. The highest BCUT2D eigenvalue weighted by atomic mass is 14.4. The van der Waals surface area contributed by atoms with E-state index < -0.39 is 0 Å². The standard InChI is InChI=1S/C12H24/c1-4-5-8-11(2)12(3)9-6-7-10-12/h11H,4-10H2,1-3H3. The van der Waals surface area contributed by atoms with E-state index in [4.69, 9.17) is 0 Å². The normalized spacial score (nSPS) is 24.2. The van der Waals surface area contributed by atoms with Gasteiger partial charge in [0.1, 0.15) is 0 Å². The van der Waals surface area contributed by atoms with Crippen LogP contribution in [0, 0.1) is 11.3 Å². The van der Waals surface area contributed by atoms with Crippen LogP contribution in [0.1, 0.15) is 65.7 Å². The Hall–Kier alpha value is 0. The molecule has 12 heavy (non-hydrogen) atoms. The highest BCUT2D eigenvalue weighted by molar-refractivity contribution is 4.84. The zero-order chi connectivity index (χ0) is 9.03.